The van der Waals surface area contributed by atoms with Crippen molar-refractivity contribution in [1.82, 2.24) is 9.80 Å². The van der Waals surface area contributed by atoms with Crippen LogP contribution in [0.1, 0.15) is 27.0 Å². The number of carboxylic acid groups (broad SMARTS) is 1. The SMILES string of the molecule is O=C(O)c1ccc(CCN2C(=O)C(=Cc3cc(-c4cc(C(F)(F)F)ccc4Cl)ccc3OCCN3CCOCC3)SC2=S)cc1. The second kappa shape index (κ2) is 14.3. The summed E-state index contributed by atoms with van der Waals surface area (Å²) in [5, 5.41) is 9.27. The van der Waals surface area contributed by atoms with E-state index in [1.165, 1.54) is 23.1 Å². The molecule has 45 heavy (non-hydrogen) atoms. The zero-order chi connectivity index (χ0) is 32.1. The number of rotatable bonds is 10. The summed E-state index contributed by atoms with van der Waals surface area (Å²) in [6.07, 6.45) is -2.45. The fourth-order valence-electron chi connectivity index (χ4n) is 4.88. The Morgan fingerprint density at radius 3 is 2.49 bits per heavy atom. The third-order valence-electron chi connectivity index (χ3n) is 7.37. The van der Waals surface area contributed by atoms with E-state index in [4.69, 9.17) is 38.4 Å². The molecule has 0 atom stereocenters. The van der Waals surface area contributed by atoms with Crippen LogP contribution in [-0.2, 0) is 22.1 Å². The molecule has 1 N–H and O–H groups in total. The van der Waals surface area contributed by atoms with Crippen molar-refractivity contribution >= 4 is 57.9 Å². The molecule has 2 saturated heterocycles. The Kier molecular flexibility index (Phi) is 10.5. The van der Waals surface area contributed by atoms with Gasteiger partial charge in [-0.05, 0) is 66.1 Å². The van der Waals surface area contributed by atoms with Gasteiger partial charge in [-0.1, -0.05) is 53.8 Å². The van der Waals surface area contributed by atoms with E-state index in [9.17, 15) is 22.8 Å². The van der Waals surface area contributed by atoms with Gasteiger partial charge in [0, 0.05) is 42.3 Å². The smallest absolute Gasteiger partial charge is 0.416 e. The molecular weight excluding hydrogens is 649 g/mol. The average Bonchev–Trinajstić information content (AvgIpc) is 3.28. The molecule has 0 unspecified atom stereocenters. The molecule has 0 spiro atoms. The third-order valence-corrected chi connectivity index (χ3v) is 9.08. The molecule has 0 bridgehead atoms. The summed E-state index contributed by atoms with van der Waals surface area (Å²) in [4.78, 5) is 28.6. The van der Waals surface area contributed by atoms with Gasteiger partial charge in [-0.2, -0.15) is 13.2 Å². The monoisotopic (exact) mass is 676 g/mol. The number of ether oxygens (including phenoxy) is 2. The van der Waals surface area contributed by atoms with Crippen molar-refractivity contribution in [3.63, 3.8) is 0 Å². The van der Waals surface area contributed by atoms with E-state index in [1.807, 2.05) is 0 Å². The minimum Gasteiger partial charge on any atom is -0.492 e. The number of morpholine rings is 1. The molecule has 7 nitrogen and oxygen atoms in total. The highest BCUT2D eigenvalue weighted by molar-refractivity contribution is 8.26. The summed E-state index contributed by atoms with van der Waals surface area (Å²) in [7, 11) is 0. The molecule has 0 saturated carbocycles. The fraction of sp³-hybridized carbons (Fsp3) is 0.281. The summed E-state index contributed by atoms with van der Waals surface area (Å²) in [5.74, 6) is -0.875. The molecule has 2 fully saturated rings. The first-order chi connectivity index (χ1) is 21.5. The van der Waals surface area contributed by atoms with Gasteiger partial charge in [0.15, 0.2) is 0 Å². The van der Waals surface area contributed by atoms with Gasteiger partial charge in [0.05, 0.1) is 29.2 Å². The molecule has 3 aromatic carbocycles. The molecule has 2 aliphatic heterocycles. The predicted octanol–water partition coefficient (Wildman–Crippen LogP) is 6.88. The van der Waals surface area contributed by atoms with Crippen LogP contribution in [-0.4, -0.2) is 77.1 Å². The number of carbonyl (C=O) groups is 2. The first kappa shape index (κ1) is 33.0. The van der Waals surface area contributed by atoms with Crippen molar-refractivity contribution in [1.29, 1.82) is 0 Å². The molecule has 1 amide bonds. The maximum Gasteiger partial charge on any atom is 0.416 e. The van der Waals surface area contributed by atoms with Crippen LogP contribution in [0.5, 0.6) is 5.75 Å². The minimum absolute atomic E-state index is 0.151. The quantitative estimate of drug-likeness (QED) is 0.184. The normalized spacial score (nSPS) is 16.9. The largest absolute Gasteiger partial charge is 0.492 e. The Hall–Kier alpha value is -3.42. The number of thiocarbonyl (C=S) groups is 1. The number of hydrogen-bond donors (Lipinski definition) is 1. The number of halogens is 4. The summed E-state index contributed by atoms with van der Waals surface area (Å²) in [6, 6.07) is 14.5. The van der Waals surface area contributed by atoms with E-state index in [0.29, 0.717) is 58.9 Å². The lowest BCUT2D eigenvalue weighted by atomic mass is 9.99. The number of hydrogen-bond acceptors (Lipinski definition) is 7. The van der Waals surface area contributed by atoms with E-state index < -0.39 is 17.7 Å². The number of amides is 1. The van der Waals surface area contributed by atoms with Gasteiger partial charge in [0.25, 0.3) is 5.91 Å². The number of thioether (sulfide) groups is 1. The molecule has 3 aromatic rings. The number of carboxylic acids is 1. The second-order valence-electron chi connectivity index (χ2n) is 10.3. The third kappa shape index (κ3) is 8.25. The molecule has 236 valence electrons. The Bertz CT molecular complexity index is 1630. The van der Waals surface area contributed by atoms with Gasteiger partial charge in [-0.15, -0.1) is 0 Å². The predicted molar refractivity (Wildman–Crippen MR) is 172 cm³/mol. The van der Waals surface area contributed by atoms with Crippen LogP contribution in [0, 0.1) is 0 Å². The highest BCUT2D eigenvalue weighted by Crippen LogP contribution is 2.39. The molecule has 13 heteroatoms. The van der Waals surface area contributed by atoms with E-state index in [0.717, 1.165) is 42.5 Å². The molecule has 0 aromatic heterocycles. The first-order valence-electron chi connectivity index (χ1n) is 14.0. The zero-order valence-corrected chi connectivity index (χ0v) is 26.2. The topological polar surface area (TPSA) is 79.3 Å². The van der Waals surface area contributed by atoms with Crippen LogP contribution in [0.2, 0.25) is 5.02 Å². The molecule has 5 rings (SSSR count). The standard InChI is InChI=1S/C32H28ClF3N2O5S2/c33-26-7-6-24(32(34,35)36)19-25(26)22-5-8-27(43-16-13-37-11-14-42-15-12-37)23(17-22)18-28-29(39)38(31(44)45-28)10-9-20-1-3-21(4-2-20)30(40)41/h1-8,17-19H,9-16H2,(H,40,41). The van der Waals surface area contributed by atoms with Crippen LogP contribution in [0.15, 0.2) is 65.6 Å². The van der Waals surface area contributed by atoms with Crippen LogP contribution in [0.4, 0.5) is 13.2 Å². The van der Waals surface area contributed by atoms with Crippen molar-refractivity contribution in [3.05, 3.63) is 92.8 Å². The molecule has 0 aliphatic carbocycles. The van der Waals surface area contributed by atoms with Gasteiger partial charge in [-0.3, -0.25) is 14.6 Å². The highest BCUT2D eigenvalue weighted by atomic mass is 35.5. The number of nitrogens with zero attached hydrogens (tertiary/aromatic N) is 2. The van der Waals surface area contributed by atoms with E-state index in [2.05, 4.69) is 4.90 Å². The summed E-state index contributed by atoms with van der Waals surface area (Å²) in [6.45, 7) is 4.16. The number of benzene rings is 3. The zero-order valence-electron chi connectivity index (χ0n) is 23.8. The Morgan fingerprint density at radius 2 is 1.80 bits per heavy atom. The Morgan fingerprint density at radius 1 is 1.07 bits per heavy atom. The molecule has 2 aliphatic rings. The van der Waals surface area contributed by atoms with Gasteiger partial charge < -0.3 is 14.6 Å². The van der Waals surface area contributed by atoms with E-state index in [1.54, 1.807) is 36.4 Å². The lowest BCUT2D eigenvalue weighted by molar-refractivity contribution is -0.137. The summed E-state index contributed by atoms with van der Waals surface area (Å²) >= 11 is 13.0. The van der Waals surface area contributed by atoms with Crippen molar-refractivity contribution < 1.29 is 37.3 Å². The summed E-state index contributed by atoms with van der Waals surface area (Å²) < 4.78 is 52.4. The van der Waals surface area contributed by atoms with Crippen LogP contribution >= 0.6 is 35.6 Å². The van der Waals surface area contributed by atoms with Crippen molar-refractivity contribution in [2.24, 2.45) is 0 Å². The van der Waals surface area contributed by atoms with Crippen LogP contribution in [0.3, 0.4) is 0 Å². The minimum atomic E-state index is -4.54. The lowest BCUT2D eigenvalue weighted by Gasteiger charge is -2.26. The first-order valence-corrected chi connectivity index (χ1v) is 15.6. The van der Waals surface area contributed by atoms with E-state index in [-0.39, 0.29) is 28.6 Å². The van der Waals surface area contributed by atoms with Crippen molar-refractivity contribution in [2.45, 2.75) is 12.6 Å². The van der Waals surface area contributed by atoms with Crippen LogP contribution < -0.4 is 4.74 Å². The highest BCUT2D eigenvalue weighted by Gasteiger charge is 2.33. The van der Waals surface area contributed by atoms with Gasteiger partial charge in [0.2, 0.25) is 0 Å². The van der Waals surface area contributed by atoms with E-state index >= 15 is 0 Å². The van der Waals surface area contributed by atoms with Crippen molar-refractivity contribution in [2.75, 3.05) is 46.0 Å². The maximum atomic E-state index is 13.5. The number of carbonyl (C=O) groups excluding carboxylic acids is 1. The number of aromatic carboxylic acids is 1. The van der Waals surface area contributed by atoms with Crippen LogP contribution in [0.25, 0.3) is 17.2 Å². The fourth-order valence-corrected chi connectivity index (χ4v) is 6.41. The lowest BCUT2D eigenvalue weighted by Crippen LogP contribution is -2.38. The molecular formula is C32H28ClF3N2O5S2. The number of alkyl halides is 3. The second-order valence-corrected chi connectivity index (χ2v) is 12.4. The van der Waals surface area contributed by atoms with Gasteiger partial charge in [0.1, 0.15) is 16.7 Å². The molecule has 0 radical (unpaired) electrons. The Labute approximate surface area is 272 Å². The van der Waals surface area contributed by atoms with Crippen molar-refractivity contribution in [3.8, 4) is 16.9 Å². The molecule has 2 heterocycles. The van der Waals surface area contributed by atoms with Gasteiger partial charge in [-0.25, -0.2) is 4.79 Å². The summed E-state index contributed by atoms with van der Waals surface area (Å²) in [5.41, 5.74) is 1.31. The van der Waals surface area contributed by atoms with Gasteiger partial charge >= 0.3 is 12.1 Å². The maximum absolute atomic E-state index is 13.5. The Balaban J connectivity index is 1.40. The average molecular weight is 677 g/mol.